The largest absolute Gasteiger partial charge is 0.494 e. The van der Waals surface area contributed by atoms with E-state index < -0.39 is 0 Å². The Kier molecular flexibility index (Phi) is 8.82. The number of methoxy groups -OCH3 is 1. The van der Waals surface area contributed by atoms with Crippen LogP contribution in [0.1, 0.15) is 27.7 Å². The molecule has 2 N–H and O–H groups in total. The molecule has 0 aliphatic heterocycles. The first-order valence-corrected chi connectivity index (χ1v) is 12.9. The van der Waals surface area contributed by atoms with E-state index in [0.29, 0.717) is 38.6 Å². The van der Waals surface area contributed by atoms with E-state index in [0.717, 1.165) is 35.6 Å². The number of nitrogens with one attached hydrogen (secondary N) is 2. The third-order valence-electron chi connectivity index (χ3n) is 5.30. The van der Waals surface area contributed by atoms with Crippen LogP contribution in [-0.2, 0) is 9.59 Å². The summed E-state index contributed by atoms with van der Waals surface area (Å²) in [5, 5.41) is 7.00. The molecule has 9 nitrogen and oxygen atoms in total. The van der Waals surface area contributed by atoms with Crippen molar-refractivity contribution >= 4 is 76.8 Å². The lowest BCUT2D eigenvalue weighted by Crippen LogP contribution is -2.32. The zero-order valence-corrected chi connectivity index (χ0v) is 21.8. The molecule has 2 heterocycles. The number of ether oxygens (including phenoxy) is 1. The van der Waals surface area contributed by atoms with Gasteiger partial charge in [-0.25, -0.2) is 9.97 Å². The van der Waals surface area contributed by atoms with Crippen molar-refractivity contribution in [3.05, 3.63) is 5.02 Å². The van der Waals surface area contributed by atoms with Crippen LogP contribution in [-0.4, -0.2) is 78.0 Å². The Morgan fingerprint density at radius 2 is 1.30 bits per heavy atom. The van der Waals surface area contributed by atoms with Crippen molar-refractivity contribution in [3.8, 4) is 5.75 Å². The zero-order valence-electron chi connectivity index (χ0n) is 19.5. The fourth-order valence-corrected chi connectivity index (χ4v) is 5.86. The van der Waals surface area contributed by atoms with Crippen molar-refractivity contribution in [3.63, 3.8) is 0 Å². The molecule has 1 aromatic carbocycles. The van der Waals surface area contributed by atoms with Crippen molar-refractivity contribution in [1.29, 1.82) is 0 Å². The van der Waals surface area contributed by atoms with E-state index in [1.54, 1.807) is 0 Å². The minimum atomic E-state index is -0.139. The van der Waals surface area contributed by atoms with E-state index in [4.69, 9.17) is 16.3 Å². The van der Waals surface area contributed by atoms with Gasteiger partial charge < -0.3 is 15.4 Å². The number of anilines is 2. The SMILES string of the molecule is CCN(CC)CC(=O)Nc1nc2c(s1)c(OC)c(Cl)c1nc(NC(=O)CN(CC)CC)sc12. The number of hydrogen-bond acceptors (Lipinski definition) is 9. The summed E-state index contributed by atoms with van der Waals surface area (Å²) in [6, 6.07) is 0. The summed E-state index contributed by atoms with van der Waals surface area (Å²) in [7, 11) is 1.53. The van der Waals surface area contributed by atoms with Gasteiger partial charge in [0.1, 0.15) is 20.8 Å². The van der Waals surface area contributed by atoms with Crippen LogP contribution >= 0.6 is 34.3 Å². The lowest BCUT2D eigenvalue weighted by Gasteiger charge is -2.16. The number of carbonyl (C=O) groups is 2. The minimum Gasteiger partial charge on any atom is -0.494 e. The maximum absolute atomic E-state index is 12.5. The van der Waals surface area contributed by atoms with E-state index in [-0.39, 0.29) is 18.4 Å². The van der Waals surface area contributed by atoms with Gasteiger partial charge in [0, 0.05) is 0 Å². The first-order chi connectivity index (χ1) is 15.8. The van der Waals surface area contributed by atoms with Crippen LogP contribution in [0.3, 0.4) is 0 Å². The molecule has 2 aromatic heterocycles. The van der Waals surface area contributed by atoms with Crippen LogP contribution in [0.2, 0.25) is 5.02 Å². The fraction of sp³-hybridized carbons (Fsp3) is 0.524. The number of halogens is 1. The predicted molar refractivity (Wildman–Crippen MR) is 137 cm³/mol. The Hall–Kier alpha value is -2.05. The molecule has 0 saturated carbocycles. The van der Waals surface area contributed by atoms with Gasteiger partial charge in [-0.3, -0.25) is 19.4 Å². The first-order valence-electron chi connectivity index (χ1n) is 10.9. The Balaban J connectivity index is 1.93. The Bertz CT molecular complexity index is 1140. The highest BCUT2D eigenvalue weighted by atomic mass is 35.5. The average Bonchev–Trinajstić information content (AvgIpc) is 3.40. The number of fused-ring (bicyclic) bond motifs is 3. The van der Waals surface area contributed by atoms with Gasteiger partial charge in [0.25, 0.3) is 0 Å². The quantitative estimate of drug-likeness (QED) is 0.398. The second-order valence-electron chi connectivity index (χ2n) is 7.26. The molecule has 0 spiro atoms. The van der Waals surface area contributed by atoms with Gasteiger partial charge in [0.05, 0.1) is 24.9 Å². The van der Waals surface area contributed by atoms with Crippen molar-refractivity contribution in [2.75, 3.05) is 57.0 Å². The summed E-state index contributed by atoms with van der Waals surface area (Å²) in [5.74, 6) is 0.180. The van der Waals surface area contributed by atoms with Crippen molar-refractivity contribution < 1.29 is 14.3 Å². The normalized spacial score (nSPS) is 11.6. The molecular weight excluding hydrogens is 484 g/mol. The molecule has 12 heteroatoms. The Labute approximate surface area is 206 Å². The van der Waals surface area contributed by atoms with E-state index in [2.05, 4.69) is 20.6 Å². The second kappa shape index (κ2) is 11.4. The predicted octanol–water partition coefficient (Wildman–Crippen LogP) is 4.13. The van der Waals surface area contributed by atoms with Gasteiger partial charge in [0.15, 0.2) is 16.0 Å². The van der Waals surface area contributed by atoms with Gasteiger partial charge in [-0.15, -0.1) is 0 Å². The van der Waals surface area contributed by atoms with Gasteiger partial charge in [0.2, 0.25) is 11.8 Å². The molecule has 0 saturated heterocycles. The highest BCUT2D eigenvalue weighted by Crippen LogP contribution is 2.47. The molecule has 0 aliphatic carbocycles. The number of thiazole rings is 2. The number of hydrogen-bond donors (Lipinski definition) is 2. The topological polar surface area (TPSA) is 99.7 Å². The molecule has 3 aromatic rings. The summed E-state index contributed by atoms with van der Waals surface area (Å²) in [5.41, 5.74) is 1.15. The van der Waals surface area contributed by atoms with Gasteiger partial charge >= 0.3 is 0 Å². The Morgan fingerprint density at radius 3 is 1.76 bits per heavy atom. The van der Waals surface area contributed by atoms with E-state index in [1.807, 2.05) is 37.5 Å². The monoisotopic (exact) mass is 512 g/mol. The third kappa shape index (κ3) is 5.72. The lowest BCUT2D eigenvalue weighted by molar-refractivity contribution is -0.118. The first kappa shape index (κ1) is 25.6. The van der Waals surface area contributed by atoms with Crippen molar-refractivity contribution in [2.24, 2.45) is 0 Å². The smallest absolute Gasteiger partial charge is 0.240 e. The highest BCUT2D eigenvalue weighted by molar-refractivity contribution is 7.26. The maximum atomic E-state index is 12.5. The molecule has 0 aliphatic rings. The van der Waals surface area contributed by atoms with Crippen LogP contribution in [0.25, 0.3) is 20.4 Å². The van der Waals surface area contributed by atoms with Crippen LogP contribution in [0.5, 0.6) is 5.75 Å². The molecule has 0 fully saturated rings. The second-order valence-corrected chi connectivity index (χ2v) is 9.64. The summed E-state index contributed by atoms with van der Waals surface area (Å²) in [4.78, 5) is 38.1. The third-order valence-corrected chi connectivity index (χ3v) is 7.60. The lowest BCUT2D eigenvalue weighted by atomic mass is 10.3. The standard InChI is InChI=1S/C21H29ClN6O3S2/c1-6-27(7-2)10-12(29)23-20-25-15-14(22)17(31-5)19-16(18(15)32-20)26-21(33-19)24-13(30)11-28(8-3)9-4/h6-11H2,1-5H3,(H,23,25,29)(H,24,26,30). The van der Waals surface area contributed by atoms with Gasteiger partial charge in [-0.05, 0) is 26.2 Å². The molecule has 3 rings (SSSR count). The van der Waals surface area contributed by atoms with Crippen molar-refractivity contribution in [1.82, 2.24) is 19.8 Å². The summed E-state index contributed by atoms with van der Waals surface area (Å²) >= 11 is 9.21. The summed E-state index contributed by atoms with van der Waals surface area (Å²) < 4.78 is 7.00. The van der Waals surface area contributed by atoms with E-state index >= 15 is 0 Å². The summed E-state index contributed by atoms with van der Waals surface area (Å²) in [6.07, 6.45) is 0. The fourth-order valence-electron chi connectivity index (χ4n) is 3.37. The molecule has 0 bridgehead atoms. The molecule has 0 atom stereocenters. The molecule has 2 amide bonds. The van der Waals surface area contributed by atoms with Crippen molar-refractivity contribution in [2.45, 2.75) is 27.7 Å². The summed E-state index contributed by atoms with van der Waals surface area (Å²) in [6.45, 7) is 11.8. The van der Waals surface area contributed by atoms with E-state index in [9.17, 15) is 9.59 Å². The highest BCUT2D eigenvalue weighted by Gasteiger charge is 2.23. The van der Waals surface area contributed by atoms with Crippen LogP contribution in [0.4, 0.5) is 10.3 Å². The molecule has 0 radical (unpaired) electrons. The van der Waals surface area contributed by atoms with Crippen LogP contribution in [0.15, 0.2) is 0 Å². The minimum absolute atomic E-state index is 0.132. The molecule has 180 valence electrons. The number of rotatable bonds is 11. The van der Waals surface area contributed by atoms with Crippen LogP contribution < -0.4 is 15.4 Å². The number of benzene rings is 1. The number of amides is 2. The number of likely N-dealkylation sites (N-methyl/N-ethyl adjacent to an activating group) is 2. The molecule has 0 unspecified atom stereocenters. The molecule has 33 heavy (non-hydrogen) atoms. The average molecular weight is 513 g/mol. The number of nitrogens with zero attached hydrogens (tertiary/aromatic N) is 4. The van der Waals surface area contributed by atoms with E-state index in [1.165, 1.54) is 29.8 Å². The van der Waals surface area contributed by atoms with Gasteiger partial charge in [-0.1, -0.05) is 62.0 Å². The van der Waals surface area contributed by atoms with Crippen LogP contribution in [0, 0.1) is 0 Å². The van der Waals surface area contributed by atoms with Gasteiger partial charge in [-0.2, -0.15) is 0 Å². The zero-order chi connectivity index (χ0) is 24.1. The number of carbonyl (C=O) groups excluding carboxylic acids is 2. The maximum Gasteiger partial charge on any atom is 0.240 e. The number of aromatic nitrogens is 2. The molecular formula is C21H29ClN6O3S2. The Morgan fingerprint density at radius 1 is 0.848 bits per heavy atom.